The molecule has 0 radical (unpaired) electrons. The van der Waals surface area contributed by atoms with E-state index >= 15 is 0 Å². The molecule has 0 spiro atoms. The lowest BCUT2D eigenvalue weighted by molar-refractivity contribution is -0.146. The molecule has 1 aromatic rings. The van der Waals surface area contributed by atoms with Crippen LogP contribution in [0.15, 0.2) is 0 Å². The van der Waals surface area contributed by atoms with Crippen molar-refractivity contribution in [1.82, 2.24) is 0 Å². The highest BCUT2D eigenvalue weighted by molar-refractivity contribution is 5.74. The van der Waals surface area contributed by atoms with E-state index in [4.69, 9.17) is 0 Å². The summed E-state index contributed by atoms with van der Waals surface area (Å²) in [6, 6.07) is 0. The van der Waals surface area contributed by atoms with E-state index in [0.717, 1.165) is 7.11 Å². The van der Waals surface area contributed by atoms with Gasteiger partial charge >= 0.3 is 5.97 Å². The van der Waals surface area contributed by atoms with E-state index in [9.17, 15) is 22.4 Å². The number of methoxy groups -OCH3 is 1. The third kappa shape index (κ3) is 2.50. The molecule has 0 saturated heterocycles. The molecule has 19 heavy (non-hydrogen) atoms. The first-order valence-electron chi connectivity index (χ1n) is 5.52. The molecule has 0 N–H and O–H groups in total. The molecule has 0 unspecified atom stereocenters. The first-order chi connectivity index (χ1) is 8.97. The molecule has 1 fully saturated rings. The van der Waals surface area contributed by atoms with Crippen molar-refractivity contribution in [3.63, 3.8) is 0 Å². The largest absolute Gasteiger partial charge is 0.491 e. The lowest BCUT2D eigenvalue weighted by atomic mass is 10.1. The Hall–Kier alpha value is -1.79. The molecule has 0 atom stereocenters. The van der Waals surface area contributed by atoms with Crippen LogP contribution in [0.4, 0.5) is 17.6 Å². The van der Waals surface area contributed by atoms with Gasteiger partial charge in [-0.15, -0.1) is 0 Å². The fraction of sp³-hybridized carbons (Fsp3) is 0.417. The van der Waals surface area contributed by atoms with Crippen LogP contribution in [0.3, 0.4) is 0 Å². The van der Waals surface area contributed by atoms with Crippen LogP contribution in [0.5, 0.6) is 5.75 Å². The number of ether oxygens (including phenoxy) is 2. The number of carbonyl (C=O) groups excluding carboxylic acids is 1. The molecule has 7 heteroatoms. The van der Waals surface area contributed by atoms with Gasteiger partial charge in [-0.1, -0.05) is 0 Å². The van der Waals surface area contributed by atoms with Gasteiger partial charge in [0.2, 0.25) is 11.6 Å². The summed E-state index contributed by atoms with van der Waals surface area (Å²) in [6.45, 7) is -0.856. The van der Waals surface area contributed by atoms with E-state index in [-0.39, 0.29) is 5.92 Å². The molecule has 2 rings (SSSR count). The van der Waals surface area contributed by atoms with Gasteiger partial charge in [-0.05, 0) is 12.8 Å². The molecule has 1 aliphatic carbocycles. The molecule has 0 aliphatic heterocycles. The molecule has 0 aromatic heterocycles. The molecule has 3 nitrogen and oxygen atoms in total. The number of rotatable bonds is 4. The third-order valence-corrected chi connectivity index (χ3v) is 2.79. The van der Waals surface area contributed by atoms with Gasteiger partial charge in [-0.3, -0.25) is 4.79 Å². The van der Waals surface area contributed by atoms with Crippen LogP contribution in [-0.4, -0.2) is 13.1 Å². The second kappa shape index (κ2) is 5.07. The summed E-state index contributed by atoms with van der Waals surface area (Å²) in [7, 11) is 0.882. The molecule has 1 aromatic carbocycles. The smallest absolute Gasteiger partial charge is 0.309 e. The average Bonchev–Trinajstić information content (AvgIpc) is 3.21. The topological polar surface area (TPSA) is 35.5 Å². The summed E-state index contributed by atoms with van der Waals surface area (Å²) in [6.07, 6.45) is 1.30. The number of benzene rings is 1. The summed E-state index contributed by atoms with van der Waals surface area (Å²) in [4.78, 5) is 11.2. The average molecular weight is 278 g/mol. The van der Waals surface area contributed by atoms with Gasteiger partial charge in [-0.2, -0.15) is 8.78 Å². The predicted octanol–water partition coefficient (Wildman–Crippen LogP) is 2.70. The zero-order valence-corrected chi connectivity index (χ0v) is 9.94. The standard InChI is InChI=1S/C12H10F4O3/c1-18-11-9(15)7(13)6(8(14)10(11)16)4-19-12(17)5-2-3-5/h5H,2-4H2,1H3. The summed E-state index contributed by atoms with van der Waals surface area (Å²) in [5.74, 6) is -8.61. The maximum atomic E-state index is 13.5. The van der Waals surface area contributed by atoms with Gasteiger partial charge in [0.15, 0.2) is 17.4 Å². The van der Waals surface area contributed by atoms with Crippen LogP contribution in [0.25, 0.3) is 0 Å². The van der Waals surface area contributed by atoms with Crippen LogP contribution in [0.1, 0.15) is 18.4 Å². The SMILES string of the molecule is COc1c(F)c(F)c(COC(=O)C2CC2)c(F)c1F. The van der Waals surface area contributed by atoms with Crippen molar-refractivity contribution in [2.24, 2.45) is 5.92 Å². The Morgan fingerprint density at radius 3 is 2.05 bits per heavy atom. The number of hydrogen-bond acceptors (Lipinski definition) is 3. The Morgan fingerprint density at radius 2 is 1.63 bits per heavy atom. The minimum absolute atomic E-state index is 0.279. The molecular weight excluding hydrogens is 268 g/mol. The van der Waals surface area contributed by atoms with E-state index in [1.165, 1.54) is 0 Å². The van der Waals surface area contributed by atoms with Crippen LogP contribution in [-0.2, 0) is 16.1 Å². The van der Waals surface area contributed by atoms with Crippen molar-refractivity contribution in [3.05, 3.63) is 28.8 Å². The zero-order chi connectivity index (χ0) is 14.2. The maximum Gasteiger partial charge on any atom is 0.309 e. The van der Waals surface area contributed by atoms with E-state index in [1.54, 1.807) is 0 Å². The van der Waals surface area contributed by atoms with Crippen molar-refractivity contribution in [3.8, 4) is 5.75 Å². The number of carbonyl (C=O) groups is 1. The summed E-state index contributed by atoms with van der Waals surface area (Å²) >= 11 is 0. The van der Waals surface area contributed by atoms with Crippen LogP contribution >= 0.6 is 0 Å². The number of halogens is 4. The summed E-state index contributed by atoms with van der Waals surface area (Å²) < 4.78 is 62.5. The molecule has 1 saturated carbocycles. The van der Waals surface area contributed by atoms with E-state index in [2.05, 4.69) is 9.47 Å². The lowest BCUT2D eigenvalue weighted by Gasteiger charge is -2.11. The highest BCUT2D eigenvalue weighted by atomic mass is 19.2. The quantitative estimate of drug-likeness (QED) is 0.482. The summed E-state index contributed by atoms with van der Waals surface area (Å²) in [5.41, 5.74) is -0.968. The Balaban J connectivity index is 2.26. The first kappa shape index (κ1) is 13.6. The van der Waals surface area contributed by atoms with Crippen molar-refractivity contribution in [2.75, 3.05) is 7.11 Å². The van der Waals surface area contributed by atoms with Gasteiger partial charge in [0.25, 0.3) is 0 Å². The van der Waals surface area contributed by atoms with Crippen molar-refractivity contribution in [2.45, 2.75) is 19.4 Å². The fourth-order valence-corrected chi connectivity index (χ4v) is 1.54. The first-order valence-corrected chi connectivity index (χ1v) is 5.52. The number of hydrogen-bond donors (Lipinski definition) is 0. The molecule has 104 valence electrons. The Kier molecular flexibility index (Phi) is 3.64. The fourth-order valence-electron chi connectivity index (χ4n) is 1.54. The second-order valence-electron chi connectivity index (χ2n) is 4.15. The molecule has 0 bridgehead atoms. The van der Waals surface area contributed by atoms with E-state index in [0.29, 0.717) is 12.8 Å². The van der Waals surface area contributed by atoms with Crippen molar-refractivity contribution >= 4 is 5.97 Å². The minimum atomic E-state index is -1.65. The van der Waals surface area contributed by atoms with Crippen LogP contribution in [0.2, 0.25) is 0 Å². The molecule has 1 aliphatic rings. The van der Waals surface area contributed by atoms with E-state index < -0.39 is 47.2 Å². The Labute approximate surface area is 106 Å². The monoisotopic (exact) mass is 278 g/mol. The zero-order valence-electron chi connectivity index (χ0n) is 9.94. The van der Waals surface area contributed by atoms with Crippen LogP contribution < -0.4 is 4.74 Å². The van der Waals surface area contributed by atoms with Gasteiger partial charge in [0.1, 0.15) is 6.61 Å². The van der Waals surface area contributed by atoms with Crippen LogP contribution in [0, 0.1) is 29.2 Å². The Morgan fingerprint density at radius 1 is 1.11 bits per heavy atom. The van der Waals surface area contributed by atoms with Gasteiger partial charge in [0, 0.05) is 0 Å². The second-order valence-corrected chi connectivity index (χ2v) is 4.15. The number of esters is 1. The normalized spacial score (nSPS) is 14.4. The Bertz CT molecular complexity index is 497. The lowest BCUT2D eigenvalue weighted by Crippen LogP contribution is -2.12. The highest BCUT2D eigenvalue weighted by Crippen LogP contribution is 2.32. The summed E-state index contributed by atoms with van der Waals surface area (Å²) in [5, 5.41) is 0. The third-order valence-electron chi connectivity index (χ3n) is 2.79. The van der Waals surface area contributed by atoms with E-state index in [1.807, 2.05) is 0 Å². The minimum Gasteiger partial charge on any atom is -0.491 e. The van der Waals surface area contributed by atoms with Crippen molar-refractivity contribution in [1.29, 1.82) is 0 Å². The van der Waals surface area contributed by atoms with Gasteiger partial charge in [0.05, 0.1) is 18.6 Å². The molecular formula is C12H10F4O3. The van der Waals surface area contributed by atoms with Gasteiger partial charge < -0.3 is 9.47 Å². The molecule has 0 amide bonds. The van der Waals surface area contributed by atoms with Gasteiger partial charge in [-0.25, -0.2) is 8.78 Å². The molecule has 0 heterocycles. The maximum absolute atomic E-state index is 13.5. The van der Waals surface area contributed by atoms with Crippen molar-refractivity contribution < 1.29 is 31.8 Å². The predicted molar refractivity (Wildman–Crippen MR) is 55.3 cm³/mol. The highest BCUT2D eigenvalue weighted by Gasteiger charge is 2.32.